The van der Waals surface area contributed by atoms with Crippen molar-refractivity contribution < 1.29 is 28.9 Å². The molecule has 0 aromatic rings. The first-order valence-electron chi connectivity index (χ1n) is 7.95. The molecule has 0 radical (unpaired) electrons. The zero-order valence-corrected chi connectivity index (χ0v) is 14.9. The molecule has 4 atom stereocenters. The lowest BCUT2D eigenvalue weighted by Gasteiger charge is -2.34. The summed E-state index contributed by atoms with van der Waals surface area (Å²) >= 11 is 0. The molecule has 4 unspecified atom stereocenters. The van der Waals surface area contributed by atoms with Crippen LogP contribution in [0.25, 0.3) is 0 Å². The maximum Gasteiger partial charge on any atom is 0.407 e. The van der Waals surface area contributed by atoms with Gasteiger partial charge in [0.25, 0.3) is 0 Å². The van der Waals surface area contributed by atoms with E-state index in [2.05, 4.69) is 10.6 Å². The van der Waals surface area contributed by atoms with E-state index in [1.165, 1.54) is 14.1 Å². The first-order chi connectivity index (χ1) is 11.1. The highest BCUT2D eigenvalue weighted by atomic mass is 16.6. The summed E-state index contributed by atoms with van der Waals surface area (Å²) < 4.78 is 16.4. The number of nitrogens with one attached hydrogen (secondary N) is 2. The minimum absolute atomic E-state index is 0.192. The maximum atomic E-state index is 11.5. The molecule has 24 heavy (non-hydrogen) atoms. The number of carbonyl (C=O) groups is 2. The van der Waals surface area contributed by atoms with Gasteiger partial charge in [-0.3, -0.25) is 0 Å². The fourth-order valence-corrected chi connectivity index (χ4v) is 2.33. The molecule has 8 heteroatoms. The summed E-state index contributed by atoms with van der Waals surface area (Å²) in [5.41, 5.74) is -0.483. The van der Waals surface area contributed by atoms with Gasteiger partial charge in [0.1, 0.15) is 12.2 Å². The van der Waals surface area contributed by atoms with E-state index in [-0.39, 0.29) is 6.42 Å². The van der Waals surface area contributed by atoms with Crippen LogP contribution in [0.4, 0.5) is 9.59 Å². The molecule has 1 aliphatic carbocycles. The van der Waals surface area contributed by atoms with Gasteiger partial charge < -0.3 is 30.0 Å². The molecule has 2 amide bonds. The molecule has 1 aliphatic rings. The lowest BCUT2D eigenvalue weighted by atomic mass is 9.96. The number of rotatable bonds is 3. The van der Waals surface area contributed by atoms with Crippen molar-refractivity contribution in [3.8, 4) is 0 Å². The average molecular weight is 344 g/mol. The SMILES string of the molecule is CNC(=O)OC1/C=C/C(OC(=O)NC)CC(OC(C)(C)C)C(O)C1. The van der Waals surface area contributed by atoms with Crippen LogP contribution >= 0.6 is 0 Å². The van der Waals surface area contributed by atoms with Crippen molar-refractivity contribution in [3.63, 3.8) is 0 Å². The number of carbonyl (C=O) groups excluding carboxylic acids is 2. The number of hydrogen-bond acceptors (Lipinski definition) is 6. The molecule has 0 saturated carbocycles. The van der Waals surface area contributed by atoms with Gasteiger partial charge in [-0.15, -0.1) is 0 Å². The van der Waals surface area contributed by atoms with Crippen LogP contribution in [0.15, 0.2) is 12.2 Å². The number of amides is 2. The minimum Gasteiger partial charge on any atom is -0.442 e. The van der Waals surface area contributed by atoms with Crippen molar-refractivity contribution in [1.82, 2.24) is 10.6 Å². The Bertz CT molecular complexity index is 460. The Morgan fingerprint density at radius 1 is 1.00 bits per heavy atom. The van der Waals surface area contributed by atoms with Crippen molar-refractivity contribution in [2.45, 2.75) is 63.6 Å². The molecule has 0 aliphatic heterocycles. The predicted octanol–water partition coefficient (Wildman–Crippen LogP) is 1.33. The van der Waals surface area contributed by atoms with Crippen LogP contribution in [0.3, 0.4) is 0 Å². The van der Waals surface area contributed by atoms with Gasteiger partial charge in [-0.05, 0) is 32.9 Å². The Labute approximate surface area is 142 Å². The van der Waals surface area contributed by atoms with Crippen LogP contribution in [0, 0.1) is 0 Å². The van der Waals surface area contributed by atoms with E-state index in [1.54, 1.807) is 12.2 Å². The van der Waals surface area contributed by atoms with Gasteiger partial charge in [0.05, 0.1) is 17.8 Å². The highest BCUT2D eigenvalue weighted by molar-refractivity contribution is 5.67. The Morgan fingerprint density at radius 3 is 1.88 bits per heavy atom. The summed E-state index contributed by atoms with van der Waals surface area (Å²) in [6, 6.07) is 0. The van der Waals surface area contributed by atoms with E-state index < -0.39 is 42.2 Å². The van der Waals surface area contributed by atoms with Crippen LogP contribution in [0.2, 0.25) is 0 Å². The van der Waals surface area contributed by atoms with E-state index >= 15 is 0 Å². The summed E-state index contributed by atoms with van der Waals surface area (Å²) in [6.07, 6.45) is -0.142. The predicted molar refractivity (Wildman–Crippen MR) is 87.7 cm³/mol. The minimum atomic E-state index is -0.875. The van der Waals surface area contributed by atoms with Crippen molar-refractivity contribution in [3.05, 3.63) is 12.2 Å². The lowest BCUT2D eigenvalue weighted by Crippen LogP contribution is -2.43. The Morgan fingerprint density at radius 2 is 1.46 bits per heavy atom. The molecule has 0 aromatic carbocycles. The molecule has 138 valence electrons. The Kier molecular flexibility index (Phi) is 7.50. The molecule has 1 rings (SSSR count). The van der Waals surface area contributed by atoms with E-state index in [1.807, 2.05) is 20.8 Å². The second-order valence-electron chi connectivity index (χ2n) is 6.58. The van der Waals surface area contributed by atoms with Crippen molar-refractivity contribution in [1.29, 1.82) is 0 Å². The summed E-state index contributed by atoms with van der Waals surface area (Å²) in [4.78, 5) is 22.9. The van der Waals surface area contributed by atoms with Crippen LogP contribution < -0.4 is 10.6 Å². The third-order valence-corrected chi connectivity index (χ3v) is 3.34. The summed E-state index contributed by atoms with van der Waals surface area (Å²) in [5.74, 6) is 0. The number of aliphatic hydroxyl groups excluding tert-OH is 1. The van der Waals surface area contributed by atoms with E-state index in [0.29, 0.717) is 6.42 Å². The fraction of sp³-hybridized carbons (Fsp3) is 0.750. The van der Waals surface area contributed by atoms with Gasteiger partial charge in [0, 0.05) is 26.9 Å². The van der Waals surface area contributed by atoms with E-state index in [0.717, 1.165) is 0 Å². The second-order valence-corrected chi connectivity index (χ2v) is 6.58. The molecular weight excluding hydrogens is 316 g/mol. The van der Waals surface area contributed by atoms with Crippen molar-refractivity contribution in [2.24, 2.45) is 0 Å². The van der Waals surface area contributed by atoms with Gasteiger partial charge in [-0.25, -0.2) is 9.59 Å². The second kappa shape index (κ2) is 8.89. The molecule has 0 bridgehead atoms. The van der Waals surface area contributed by atoms with Gasteiger partial charge in [0.15, 0.2) is 0 Å². The number of alkyl carbamates (subject to hydrolysis) is 2. The average Bonchev–Trinajstić information content (AvgIpc) is 2.48. The normalized spacial score (nSPS) is 28.9. The third kappa shape index (κ3) is 7.18. The van der Waals surface area contributed by atoms with E-state index in [4.69, 9.17) is 14.2 Å². The summed E-state index contributed by atoms with van der Waals surface area (Å²) in [6.45, 7) is 5.63. The highest BCUT2D eigenvalue weighted by Gasteiger charge is 2.33. The topological polar surface area (TPSA) is 106 Å². The zero-order valence-electron chi connectivity index (χ0n) is 14.9. The molecule has 3 N–H and O–H groups in total. The van der Waals surface area contributed by atoms with Crippen LogP contribution in [-0.4, -0.2) is 61.4 Å². The lowest BCUT2D eigenvalue weighted by molar-refractivity contribution is -0.129. The van der Waals surface area contributed by atoms with Crippen LogP contribution in [0.1, 0.15) is 33.6 Å². The first-order valence-corrected chi connectivity index (χ1v) is 7.95. The number of ether oxygens (including phenoxy) is 3. The van der Waals surface area contributed by atoms with Crippen LogP contribution in [-0.2, 0) is 14.2 Å². The molecule has 0 heterocycles. The number of hydrogen-bond donors (Lipinski definition) is 3. The quantitative estimate of drug-likeness (QED) is 0.667. The van der Waals surface area contributed by atoms with Gasteiger partial charge >= 0.3 is 12.2 Å². The molecule has 8 nitrogen and oxygen atoms in total. The van der Waals surface area contributed by atoms with E-state index in [9.17, 15) is 14.7 Å². The molecule has 0 spiro atoms. The Hall–Kier alpha value is -1.80. The first kappa shape index (κ1) is 20.2. The number of aliphatic hydroxyl groups is 1. The largest absolute Gasteiger partial charge is 0.442 e. The van der Waals surface area contributed by atoms with Crippen LogP contribution in [0.5, 0.6) is 0 Å². The summed E-state index contributed by atoms with van der Waals surface area (Å²) in [5, 5.41) is 15.2. The molecule has 0 aromatic heterocycles. The highest BCUT2D eigenvalue weighted by Crippen LogP contribution is 2.24. The van der Waals surface area contributed by atoms with Gasteiger partial charge in [-0.2, -0.15) is 0 Å². The molecular formula is C16H28N2O6. The monoisotopic (exact) mass is 344 g/mol. The van der Waals surface area contributed by atoms with Gasteiger partial charge in [-0.1, -0.05) is 0 Å². The fourth-order valence-electron chi connectivity index (χ4n) is 2.33. The smallest absolute Gasteiger partial charge is 0.407 e. The van der Waals surface area contributed by atoms with Crippen molar-refractivity contribution >= 4 is 12.2 Å². The standard InChI is InChI=1S/C16H28N2O6/c1-16(2,3)24-13-9-11(23-15(21)18-5)7-6-10(8-12(13)19)22-14(20)17-4/h6-7,10-13,19H,8-9H2,1-5H3,(H,17,20)(H,18,21)/b7-6+. The molecule has 0 saturated heterocycles. The summed E-state index contributed by atoms with van der Waals surface area (Å²) in [7, 11) is 2.92. The molecule has 0 fully saturated rings. The third-order valence-electron chi connectivity index (χ3n) is 3.34. The zero-order chi connectivity index (χ0) is 18.3. The van der Waals surface area contributed by atoms with Crippen molar-refractivity contribution in [2.75, 3.05) is 14.1 Å². The van der Waals surface area contributed by atoms with Gasteiger partial charge in [0.2, 0.25) is 0 Å². The Balaban J connectivity index is 2.94. The maximum absolute atomic E-state index is 11.5.